The number of benzene rings is 3. The fraction of sp³-hybridized carbons (Fsp3) is 0.217. The molecule has 1 aliphatic rings. The van der Waals surface area contributed by atoms with Crippen molar-refractivity contribution in [3.05, 3.63) is 66.7 Å². The summed E-state index contributed by atoms with van der Waals surface area (Å²) in [5, 5.41) is 19.1. The first-order valence-corrected chi connectivity index (χ1v) is 9.20. The number of phenolic OH excluding ortho intramolecular Hbond substituents is 2. The number of hydrogen-bond acceptors (Lipinski definition) is 4. The fourth-order valence-electron chi connectivity index (χ4n) is 3.28. The maximum atomic E-state index is 9.58. The molecule has 0 aliphatic carbocycles. The van der Waals surface area contributed by atoms with E-state index in [4.69, 9.17) is 9.47 Å². The lowest BCUT2D eigenvalue weighted by Crippen LogP contribution is -2.25. The summed E-state index contributed by atoms with van der Waals surface area (Å²) in [4.78, 5) is 0. The first-order valence-electron chi connectivity index (χ1n) is 9.20. The van der Waals surface area contributed by atoms with Crippen LogP contribution in [0.3, 0.4) is 0 Å². The molecule has 2 N–H and O–H groups in total. The van der Waals surface area contributed by atoms with Gasteiger partial charge in [0.05, 0.1) is 6.61 Å². The topological polar surface area (TPSA) is 58.9 Å². The highest BCUT2D eigenvalue weighted by Gasteiger charge is 2.18. The summed E-state index contributed by atoms with van der Waals surface area (Å²) in [6.07, 6.45) is 2.79. The Bertz CT molecular complexity index is 895. The second-order valence-corrected chi connectivity index (χ2v) is 6.72. The fourth-order valence-corrected chi connectivity index (χ4v) is 3.28. The van der Waals surface area contributed by atoms with E-state index in [2.05, 4.69) is 0 Å². The molecule has 0 bridgehead atoms. The number of phenols is 2. The van der Waals surface area contributed by atoms with Crippen molar-refractivity contribution in [3.63, 3.8) is 0 Å². The number of hydrogen-bond donors (Lipinski definition) is 2. The zero-order chi connectivity index (χ0) is 18.6. The molecule has 0 saturated carbocycles. The van der Waals surface area contributed by atoms with Crippen LogP contribution >= 0.6 is 0 Å². The van der Waals surface area contributed by atoms with E-state index in [-0.39, 0.29) is 17.8 Å². The number of aromatic hydroxyl groups is 2. The highest BCUT2D eigenvalue weighted by atomic mass is 16.7. The molecule has 4 heteroatoms. The molecule has 1 atom stereocenters. The number of ether oxygens (including phenoxy) is 2. The molecular weight excluding hydrogens is 340 g/mol. The molecule has 138 valence electrons. The zero-order valence-corrected chi connectivity index (χ0v) is 15.0. The van der Waals surface area contributed by atoms with Crippen molar-refractivity contribution in [2.24, 2.45) is 0 Å². The van der Waals surface area contributed by atoms with Gasteiger partial charge in [-0.2, -0.15) is 0 Å². The highest BCUT2D eigenvalue weighted by molar-refractivity contribution is 5.76. The second kappa shape index (κ2) is 7.72. The molecule has 3 aromatic rings. The van der Waals surface area contributed by atoms with Crippen molar-refractivity contribution in [2.45, 2.75) is 25.6 Å². The average Bonchev–Trinajstić information content (AvgIpc) is 2.70. The Morgan fingerprint density at radius 3 is 2.00 bits per heavy atom. The van der Waals surface area contributed by atoms with E-state index < -0.39 is 0 Å². The van der Waals surface area contributed by atoms with Crippen molar-refractivity contribution in [3.8, 4) is 39.5 Å². The number of rotatable bonds is 4. The highest BCUT2D eigenvalue weighted by Crippen LogP contribution is 2.36. The van der Waals surface area contributed by atoms with Gasteiger partial charge in [-0.25, -0.2) is 0 Å². The van der Waals surface area contributed by atoms with Crippen LogP contribution in [0.25, 0.3) is 22.3 Å². The van der Waals surface area contributed by atoms with Gasteiger partial charge < -0.3 is 19.7 Å². The van der Waals surface area contributed by atoms with Crippen LogP contribution < -0.4 is 4.74 Å². The van der Waals surface area contributed by atoms with Gasteiger partial charge in [0.25, 0.3) is 0 Å². The lowest BCUT2D eigenvalue weighted by molar-refractivity contribution is -0.105. The Morgan fingerprint density at radius 2 is 1.37 bits per heavy atom. The first-order chi connectivity index (χ1) is 13.2. The van der Waals surface area contributed by atoms with E-state index in [0.717, 1.165) is 53.9 Å². The van der Waals surface area contributed by atoms with Crippen LogP contribution in [0, 0.1) is 0 Å². The van der Waals surface area contributed by atoms with Gasteiger partial charge in [0.15, 0.2) is 6.29 Å². The van der Waals surface area contributed by atoms with Gasteiger partial charge in [-0.3, -0.25) is 0 Å². The van der Waals surface area contributed by atoms with Crippen LogP contribution in [0.4, 0.5) is 0 Å². The Hall–Kier alpha value is -2.98. The Morgan fingerprint density at radius 1 is 0.741 bits per heavy atom. The van der Waals surface area contributed by atoms with E-state index in [1.165, 1.54) is 0 Å². The normalized spacial score (nSPS) is 16.8. The molecule has 1 aliphatic heterocycles. The molecule has 1 fully saturated rings. The van der Waals surface area contributed by atoms with Gasteiger partial charge in [-0.1, -0.05) is 36.4 Å². The Balaban J connectivity index is 1.72. The Labute approximate surface area is 158 Å². The largest absolute Gasteiger partial charge is 0.508 e. The predicted molar refractivity (Wildman–Crippen MR) is 105 cm³/mol. The van der Waals surface area contributed by atoms with Gasteiger partial charge in [0.1, 0.15) is 17.2 Å². The minimum atomic E-state index is -0.246. The SMILES string of the molecule is Oc1ccc(-c2ccc(-c3ccc(O)cc3)c(OC3CCCCO3)c2)cc1. The van der Waals surface area contributed by atoms with Crippen molar-refractivity contribution in [1.29, 1.82) is 0 Å². The lowest BCUT2D eigenvalue weighted by atomic mass is 9.99. The van der Waals surface area contributed by atoms with Crippen molar-refractivity contribution in [2.75, 3.05) is 6.61 Å². The third-order valence-corrected chi connectivity index (χ3v) is 4.76. The molecule has 4 rings (SSSR count). The predicted octanol–water partition coefficient (Wildman–Crippen LogP) is 5.34. The van der Waals surface area contributed by atoms with E-state index in [9.17, 15) is 10.2 Å². The summed E-state index contributed by atoms with van der Waals surface area (Å²) >= 11 is 0. The summed E-state index contributed by atoms with van der Waals surface area (Å²) in [6.45, 7) is 0.719. The standard InChI is InChI=1S/C23H22O4/c24-19-9-4-16(5-10-19)18-8-13-21(17-6-11-20(25)12-7-17)22(15-18)27-23-3-1-2-14-26-23/h4-13,15,23-25H,1-3,14H2. The lowest BCUT2D eigenvalue weighted by Gasteiger charge is -2.25. The Kier molecular flexibility index (Phi) is 4.99. The monoisotopic (exact) mass is 362 g/mol. The average molecular weight is 362 g/mol. The molecule has 1 unspecified atom stereocenters. The third-order valence-electron chi connectivity index (χ3n) is 4.76. The quantitative estimate of drug-likeness (QED) is 0.658. The third kappa shape index (κ3) is 4.07. The molecule has 3 aromatic carbocycles. The van der Waals surface area contributed by atoms with Crippen LogP contribution in [0.15, 0.2) is 66.7 Å². The molecule has 1 heterocycles. The molecule has 0 radical (unpaired) electrons. The summed E-state index contributed by atoms with van der Waals surface area (Å²) in [7, 11) is 0. The molecular formula is C23H22O4. The summed E-state index contributed by atoms with van der Waals surface area (Å²) in [5.41, 5.74) is 3.92. The summed E-state index contributed by atoms with van der Waals surface area (Å²) in [6, 6.07) is 20.3. The minimum Gasteiger partial charge on any atom is -0.508 e. The summed E-state index contributed by atoms with van der Waals surface area (Å²) < 4.78 is 12.0. The van der Waals surface area contributed by atoms with Gasteiger partial charge in [0, 0.05) is 12.0 Å². The molecule has 0 amide bonds. The van der Waals surface area contributed by atoms with E-state index in [1.807, 2.05) is 42.5 Å². The van der Waals surface area contributed by atoms with Crippen molar-refractivity contribution in [1.82, 2.24) is 0 Å². The minimum absolute atomic E-state index is 0.234. The van der Waals surface area contributed by atoms with Crippen LogP contribution in [0.2, 0.25) is 0 Å². The van der Waals surface area contributed by atoms with Crippen molar-refractivity contribution >= 4 is 0 Å². The van der Waals surface area contributed by atoms with Crippen LogP contribution in [-0.2, 0) is 4.74 Å². The first kappa shape index (κ1) is 17.4. The molecule has 0 aromatic heterocycles. The van der Waals surface area contributed by atoms with Crippen LogP contribution in [0.5, 0.6) is 17.2 Å². The van der Waals surface area contributed by atoms with Gasteiger partial charge in [0.2, 0.25) is 0 Å². The summed E-state index contributed by atoms with van der Waals surface area (Å²) in [5.74, 6) is 1.22. The second-order valence-electron chi connectivity index (χ2n) is 6.72. The van der Waals surface area contributed by atoms with Crippen LogP contribution in [-0.4, -0.2) is 23.1 Å². The molecule has 1 saturated heterocycles. The molecule has 4 nitrogen and oxygen atoms in total. The maximum absolute atomic E-state index is 9.58. The maximum Gasteiger partial charge on any atom is 0.199 e. The van der Waals surface area contributed by atoms with Gasteiger partial charge >= 0.3 is 0 Å². The molecule has 0 spiro atoms. The van der Waals surface area contributed by atoms with E-state index in [0.29, 0.717) is 0 Å². The van der Waals surface area contributed by atoms with E-state index >= 15 is 0 Å². The van der Waals surface area contributed by atoms with E-state index in [1.54, 1.807) is 24.3 Å². The molecule has 27 heavy (non-hydrogen) atoms. The van der Waals surface area contributed by atoms with Crippen LogP contribution in [0.1, 0.15) is 19.3 Å². The smallest absolute Gasteiger partial charge is 0.199 e. The van der Waals surface area contributed by atoms with Gasteiger partial charge in [-0.05, 0) is 59.9 Å². The van der Waals surface area contributed by atoms with Gasteiger partial charge in [-0.15, -0.1) is 0 Å². The van der Waals surface area contributed by atoms with Crippen molar-refractivity contribution < 1.29 is 19.7 Å². The zero-order valence-electron chi connectivity index (χ0n) is 15.0.